The highest BCUT2D eigenvalue weighted by Crippen LogP contribution is 2.45. The van der Waals surface area contributed by atoms with E-state index in [1.807, 2.05) is 30.3 Å². The lowest BCUT2D eigenvalue weighted by molar-refractivity contribution is 0.0696. The number of ether oxygens (including phenoxy) is 1. The lowest BCUT2D eigenvalue weighted by atomic mass is 9.86. The Hall–Kier alpha value is -2.66. The fraction of sp³-hybridized carbons (Fsp3) is 0.263. The number of aliphatic hydroxyl groups is 1. The third kappa shape index (κ3) is 2.67. The SMILES string of the molecule is CCC(=O)c1cc(C(=O)O)cc2c1O[C@H](CO)[C@H]2c1ccccc1. The number of hydrogen-bond acceptors (Lipinski definition) is 4. The molecule has 2 atom stereocenters. The molecule has 0 saturated heterocycles. The number of aliphatic hydroxyl groups excluding tert-OH is 1. The van der Waals surface area contributed by atoms with Crippen molar-refractivity contribution in [3.63, 3.8) is 0 Å². The molecule has 2 aromatic rings. The van der Waals surface area contributed by atoms with Crippen molar-refractivity contribution in [2.24, 2.45) is 0 Å². The number of benzene rings is 2. The van der Waals surface area contributed by atoms with Crippen LogP contribution in [0, 0.1) is 0 Å². The molecule has 2 aromatic carbocycles. The summed E-state index contributed by atoms with van der Waals surface area (Å²) >= 11 is 0. The summed E-state index contributed by atoms with van der Waals surface area (Å²) < 4.78 is 5.85. The second-order valence-corrected chi connectivity index (χ2v) is 5.75. The number of fused-ring (bicyclic) bond motifs is 1. The third-order valence-corrected chi connectivity index (χ3v) is 4.30. The summed E-state index contributed by atoms with van der Waals surface area (Å²) in [5.74, 6) is -1.20. The standard InChI is InChI=1S/C19H18O5/c1-2-15(21)13-8-12(19(22)23)9-14-17(11-6-4-3-5-7-11)16(10-20)24-18(13)14/h3-9,16-17,20H,2,10H2,1H3,(H,22,23)/t16-,17+/m1/s1. The molecule has 1 heterocycles. The van der Waals surface area contributed by atoms with Gasteiger partial charge in [-0.1, -0.05) is 37.3 Å². The molecule has 3 rings (SSSR count). The number of Topliss-reactive ketones (excluding diaryl/α,β-unsaturated/α-hetero) is 1. The summed E-state index contributed by atoms with van der Waals surface area (Å²) in [6.45, 7) is 1.49. The summed E-state index contributed by atoms with van der Waals surface area (Å²) in [6, 6.07) is 12.3. The topological polar surface area (TPSA) is 83.8 Å². The molecule has 1 aliphatic rings. The van der Waals surface area contributed by atoms with Gasteiger partial charge in [-0.25, -0.2) is 4.79 Å². The molecule has 0 aliphatic carbocycles. The van der Waals surface area contributed by atoms with E-state index in [9.17, 15) is 19.8 Å². The van der Waals surface area contributed by atoms with Gasteiger partial charge in [0.05, 0.1) is 23.7 Å². The Balaban J connectivity index is 2.22. The molecule has 2 N–H and O–H groups in total. The van der Waals surface area contributed by atoms with E-state index in [1.165, 1.54) is 12.1 Å². The van der Waals surface area contributed by atoms with E-state index < -0.39 is 12.1 Å². The van der Waals surface area contributed by atoms with Gasteiger partial charge >= 0.3 is 5.97 Å². The van der Waals surface area contributed by atoms with E-state index in [2.05, 4.69) is 0 Å². The van der Waals surface area contributed by atoms with Crippen molar-refractivity contribution in [2.75, 3.05) is 6.61 Å². The van der Waals surface area contributed by atoms with Crippen LogP contribution in [0.2, 0.25) is 0 Å². The quantitative estimate of drug-likeness (QED) is 0.826. The van der Waals surface area contributed by atoms with Crippen LogP contribution in [-0.4, -0.2) is 34.7 Å². The predicted molar refractivity (Wildman–Crippen MR) is 87.8 cm³/mol. The molecule has 5 nitrogen and oxygen atoms in total. The molecule has 0 aromatic heterocycles. The fourth-order valence-electron chi connectivity index (χ4n) is 3.15. The third-order valence-electron chi connectivity index (χ3n) is 4.30. The minimum absolute atomic E-state index is 0.0497. The van der Waals surface area contributed by atoms with Crippen LogP contribution in [0.3, 0.4) is 0 Å². The number of aromatic carboxylic acids is 1. The monoisotopic (exact) mass is 326 g/mol. The van der Waals surface area contributed by atoms with Gasteiger partial charge in [-0.05, 0) is 17.7 Å². The second-order valence-electron chi connectivity index (χ2n) is 5.75. The first-order chi connectivity index (χ1) is 11.6. The molecule has 0 saturated carbocycles. The smallest absolute Gasteiger partial charge is 0.335 e. The highest BCUT2D eigenvalue weighted by atomic mass is 16.5. The number of rotatable bonds is 5. The summed E-state index contributed by atoms with van der Waals surface area (Å²) in [6.07, 6.45) is -0.298. The van der Waals surface area contributed by atoms with Gasteiger partial charge < -0.3 is 14.9 Å². The average Bonchev–Trinajstić information content (AvgIpc) is 2.99. The highest BCUT2D eigenvalue weighted by molar-refractivity contribution is 6.02. The van der Waals surface area contributed by atoms with Crippen molar-refractivity contribution >= 4 is 11.8 Å². The van der Waals surface area contributed by atoms with Crippen molar-refractivity contribution in [1.82, 2.24) is 0 Å². The van der Waals surface area contributed by atoms with Gasteiger partial charge in [0.2, 0.25) is 0 Å². The zero-order valence-corrected chi connectivity index (χ0v) is 13.2. The maximum atomic E-state index is 12.3. The fourth-order valence-corrected chi connectivity index (χ4v) is 3.15. The van der Waals surface area contributed by atoms with E-state index in [1.54, 1.807) is 6.92 Å². The first-order valence-electron chi connectivity index (χ1n) is 7.83. The Labute approximate surface area is 139 Å². The molecular weight excluding hydrogens is 308 g/mol. The molecule has 5 heteroatoms. The van der Waals surface area contributed by atoms with E-state index in [0.717, 1.165) is 5.56 Å². The number of carbonyl (C=O) groups is 2. The maximum Gasteiger partial charge on any atom is 0.335 e. The van der Waals surface area contributed by atoms with Gasteiger partial charge in [0, 0.05) is 12.0 Å². The molecule has 0 bridgehead atoms. The van der Waals surface area contributed by atoms with Gasteiger partial charge in [0.25, 0.3) is 0 Å². The van der Waals surface area contributed by atoms with Crippen LogP contribution in [-0.2, 0) is 0 Å². The molecule has 0 amide bonds. The van der Waals surface area contributed by atoms with Crippen LogP contribution in [0.5, 0.6) is 5.75 Å². The van der Waals surface area contributed by atoms with E-state index in [0.29, 0.717) is 11.3 Å². The van der Waals surface area contributed by atoms with Crippen molar-refractivity contribution in [3.05, 3.63) is 64.7 Å². The van der Waals surface area contributed by atoms with E-state index in [-0.39, 0.29) is 35.9 Å². The Morgan fingerprint density at radius 1 is 1.17 bits per heavy atom. The Morgan fingerprint density at radius 3 is 2.46 bits per heavy atom. The van der Waals surface area contributed by atoms with Crippen molar-refractivity contribution < 1.29 is 24.5 Å². The number of hydrogen-bond donors (Lipinski definition) is 2. The summed E-state index contributed by atoms with van der Waals surface area (Å²) in [5.41, 5.74) is 1.86. The van der Waals surface area contributed by atoms with Gasteiger partial charge in [-0.3, -0.25) is 4.79 Å². The van der Waals surface area contributed by atoms with Crippen molar-refractivity contribution in [3.8, 4) is 5.75 Å². The second kappa shape index (κ2) is 6.45. The Morgan fingerprint density at radius 2 is 1.88 bits per heavy atom. The molecule has 24 heavy (non-hydrogen) atoms. The molecular formula is C19H18O5. The minimum Gasteiger partial charge on any atom is -0.486 e. The normalized spacial score (nSPS) is 18.8. The van der Waals surface area contributed by atoms with E-state index >= 15 is 0 Å². The molecule has 0 fully saturated rings. The summed E-state index contributed by atoms with van der Waals surface area (Å²) in [5, 5.41) is 19.1. The van der Waals surface area contributed by atoms with Crippen LogP contribution >= 0.6 is 0 Å². The van der Waals surface area contributed by atoms with Crippen LogP contribution in [0.4, 0.5) is 0 Å². The largest absolute Gasteiger partial charge is 0.486 e. The summed E-state index contributed by atoms with van der Waals surface area (Å²) in [7, 11) is 0. The van der Waals surface area contributed by atoms with Crippen molar-refractivity contribution in [1.29, 1.82) is 0 Å². The Bertz CT molecular complexity index is 782. The van der Waals surface area contributed by atoms with Gasteiger partial charge in [0.15, 0.2) is 5.78 Å². The highest BCUT2D eigenvalue weighted by Gasteiger charge is 2.38. The summed E-state index contributed by atoms with van der Waals surface area (Å²) in [4.78, 5) is 23.7. The van der Waals surface area contributed by atoms with Gasteiger partial charge in [-0.2, -0.15) is 0 Å². The number of carboxylic acid groups (broad SMARTS) is 1. The first-order valence-corrected chi connectivity index (χ1v) is 7.83. The van der Waals surface area contributed by atoms with Crippen LogP contribution in [0.15, 0.2) is 42.5 Å². The minimum atomic E-state index is -1.10. The number of carboxylic acids is 1. The van der Waals surface area contributed by atoms with Gasteiger partial charge in [0.1, 0.15) is 11.9 Å². The van der Waals surface area contributed by atoms with Crippen molar-refractivity contribution in [2.45, 2.75) is 25.4 Å². The maximum absolute atomic E-state index is 12.3. The zero-order chi connectivity index (χ0) is 17.3. The molecule has 1 aliphatic heterocycles. The first kappa shape index (κ1) is 16.2. The zero-order valence-electron chi connectivity index (χ0n) is 13.2. The van der Waals surface area contributed by atoms with E-state index in [4.69, 9.17) is 4.74 Å². The Kier molecular flexibility index (Phi) is 4.36. The van der Waals surface area contributed by atoms with Crippen LogP contribution in [0.25, 0.3) is 0 Å². The lowest BCUT2D eigenvalue weighted by Crippen LogP contribution is -2.24. The van der Waals surface area contributed by atoms with Crippen LogP contribution < -0.4 is 4.74 Å². The predicted octanol–water partition coefficient (Wildman–Crippen LogP) is 2.86. The molecule has 124 valence electrons. The average molecular weight is 326 g/mol. The number of ketones is 1. The molecule has 0 unspecified atom stereocenters. The molecule has 0 radical (unpaired) electrons. The number of carbonyl (C=O) groups excluding carboxylic acids is 1. The molecule has 0 spiro atoms. The van der Waals surface area contributed by atoms with Gasteiger partial charge in [-0.15, -0.1) is 0 Å². The van der Waals surface area contributed by atoms with Crippen LogP contribution in [0.1, 0.15) is 51.1 Å². The lowest BCUT2D eigenvalue weighted by Gasteiger charge is -2.17.